The Morgan fingerprint density at radius 2 is 2.26 bits per heavy atom. The van der Waals surface area contributed by atoms with Crippen LogP contribution < -0.4 is 4.74 Å². The number of aromatic nitrogens is 1. The molecule has 1 aliphatic carbocycles. The lowest BCUT2D eigenvalue weighted by atomic mass is 9.85. The number of nitrogens with zero attached hydrogens (tertiary/aromatic N) is 1. The second kappa shape index (κ2) is 4.30. The van der Waals surface area contributed by atoms with Crippen LogP contribution in [0.1, 0.15) is 30.0 Å². The van der Waals surface area contributed by atoms with Crippen molar-refractivity contribution in [3.05, 3.63) is 29.5 Å². The van der Waals surface area contributed by atoms with E-state index in [4.69, 9.17) is 4.74 Å². The number of carboxylic acid groups (broad SMARTS) is 1. The first-order chi connectivity index (χ1) is 9.13. The molecule has 1 aromatic heterocycles. The van der Waals surface area contributed by atoms with Gasteiger partial charge in [0, 0.05) is 24.2 Å². The van der Waals surface area contributed by atoms with Crippen molar-refractivity contribution >= 4 is 16.9 Å². The van der Waals surface area contributed by atoms with Crippen molar-refractivity contribution < 1.29 is 14.6 Å². The Hall–Kier alpha value is -1.97. The van der Waals surface area contributed by atoms with Crippen LogP contribution in [0.5, 0.6) is 5.75 Å². The molecule has 1 unspecified atom stereocenters. The molecule has 0 amide bonds. The van der Waals surface area contributed by atoms with Crippen molar-refractivity contribution in [2.45, 2.75) is 25.2 Å². The van der Waals surface area contributed by atoms with Crippen LogP contribution in [0.15, 0.2) is 18.2 Å². The number of ether oxygens (including phenoxy) is 1. The second-order valence-electron chi connectivity index (χ2n) is 5.09. The topological polar surface area (TPSA) is 51.5 Å². The molecular formula is C15H17NO3. The Kier molecular flexibility index (Phi) is 2.73. The van der Waals surface area contributed by atoms with Crippen LogP contribution in [0.3, 0.4) is 0 Å². The van der Waals surface area contributed by atoms with Gasteiger partial charge in [-0.2, -0.15) is 0 Å². The van der Waals surface area contributed by atoms with Gasteiger partial charge < -0.3 is 14.4 Å². The average molecular weight is 259 g/mol. The highest BCUT2D eigenvalue weighted by Crippen LogP contribution is 2.39. The minimum atomic E-state index is -0.718. The van der Waals surface area contributed by atoms with Crippen molar-refractivity contribution in [2.75, 3.05) is 7.11 Å². The zero-order valence-corrected chi connectivity index (χ0v) is 11.1. The number of aliphatic carboxylic acids is 1. The lowest BCUT2D eigenvalue weighted by Crippen LogP contribution is -2.18. The van der Waals surface area contributed by atoms with E-state index in [-0.39, 0.29) is 5.92 Å². The summed E-state index contributed by atoms with van der Waals surface area (Å²) in [5.41, 5.74) is 3.21. The van der Waals surface area contributed by atoms with Crippen molar-refractivity contribution in [3.8, 4) is 5.75 Å². The van der Waals surface area contributed by atoms with Crippen molar-refractivity contribution in [1.82, 2.24) is 4.57 Å². The third-order valence-corrected chi connectivity index (χ3v) is 4.13. The summed E-state index contributed by atoms with van der Waals surface area (Å²) >= 11 is 0. The molecule has 2 aromatic rings. The molecule has 0 aliphatic heterocycles. The van der Waals surface area contributed by atoms with Gasteiger partial charge in [0.25, 0.3) is 0 Å². The number of benzene rings is 1. The smallest absolute Gasteiger partial charge is 0.311 e. The van der Waals surface area contributed by atoms with Gasteiger partial charge in [0.1, 0.15) is 5.75 Å². The van der Waals surface area contributed by atoms with Crippen molar-refractivity contribution in [3.63, 3.8) is 0 Å². The Morgan fingerprint density at radius 3 is 2.95 bits per heavy atom. The molecule has 0 saturated carbocycles. The van der Waals surface area contributed by atoms with Gasteiger partial charge in [-0.3, -0.25) is 4.79 Å². The maximum absolute atomic E-state index is 11.5. The summed E-state index contributed by atoms with van der Waals surface area (Å²) in [4.78, 5) is 11.5. The van der Waals surface area contributed by atoms with E-state index in [1.54, 1.807) is 7.11 Å². The number of rotatable bonds is 2. The van der Waals surface area contributed by atoms with E-state index in [9.17, 15) is 9.90 Å². The monoisotopic (exact) mass is 259 g/mol. The van der Waals surface area contributed by atoms with Gasteiger partial charge in [0.05, 0.1) is 18.5 Å². The summed E-state index contributed by atoms with van der Waals surface area (Å²) < 4.78 is 7.37. The fourth-order valence-corrected chi connectivity index (χ4v) is 3.18. The zero-order chi connectivity index (χ0) is 13.6. The Labute approximate surface area is 111 Å². The summed E-state index contributed by atoms with van der Waals surface area (Å²) in [6.07, 6.45) is 2.62. The Balaban J connectivity index is 2.30. The number of carboxylic acids is 1. The fraction of sp³-hybridized carbons (Fsp3) is 0.400. The molecular weight excluding hydrogens is 242 g/mol. The van der Waals surface area contributed by atoms with Crippen LogP contribution in [0, 0.1) is 0 Å². The molecule has 1 aromatic carbocycles. The highest BCUT2D eigenvalue weighted by atomic mass is 16.5. The molecule has 100 valence electrons. The van der Waals surface area contributed by atoms with E-state index < -0.39 is 5.97 Å². The molecule has 0 spiro atoms. The van der Waals surface area contributed by atoms with E-state index in [1.165, 1.54) is 0 Å². The minimum absolute atomic E-state index is 0.374. The van der Waals surface area contributed by atoms with E-state index >= 15 is 0 Å². The van der Waals surface area contributed by atoms with Crippen LogP contribution in [-0.4, -0.2) is 22.8 Å². The summed E-state index contributed by atoms with van der Waals surface area (Å²) in [7, 11) is 3.65. The molecule has 1 aliphatic rings. The quantitative estimate of drug-likeness (QED) is 0.902. The van der Waals surface area contributed by atoms with Gasteiger partial charge in [0.15, 0.2) is 0 Å². The number of hydrogen-bond donors (Lipinski definition) is 1. The van der Waals surface area contributed by atoms with Crippen LogP contribution in [0.2, 0.25) is 0 Å². The molecule has 3 rings (SSSR count). The number of fused-ring (bicyclic) bond motifs is 3. The van der Waals surface area contributed by atoms with Gasteiger partial charge in [-0.05, 0) is 37.0 Å². The molecule has 0 bridgehead atoms. The van der Waals surface area contributed by atoms with Gasteiger partial charge in [-0.15, -0.1) is 0 Å². The van der Waals surface area contributed by atoms with Gasteiger partial charge in [0.2, 0.25) is 0 Å². The predicted octanol–water partition coefficient (Wildman–Crippen LogP) is 2.69. The Morgan fingerprint density at radius 1 is 1.47 bits per heavy atom. The standard InChI is InChI=1S/C15H17NO3/c1-16-12-5-3-4-11(15(17)18)14(12)10-7-6-9(19-2)8-13(10)16/h6-8,11H,3-5H2,1-2H3,(H,17,18). The maximum atomic E-state index is 11.5. The molecule has 0 radical (unpaired) electrons. The fourth-order valence-electron chi connectivity index (χ4n) is 3.18. The average Bonchev–Trinajstić information content (AvgIpc) is 2.72. The first-order valence-corrected chi connectivity index (χ1v) is 6.51. The van der Waals surface area contributed by atoms with Crippen LogP contribution in [-0.2, 0) is 18.3 Å². The lowest BCUT2D eigenvalue weighted by Gasteiger charge is -2.20. The Bertz CT molecular complexity index is 657. The second-order valence-corrected chi connectivity index (χ2v) is 5.09. The summed E-state index contributed by atoms with van der Waals surface area (Å²) in [5.74, 6) is -0.289. The molecule has 0 saturated heterocycles. The number of aryl methyl sites for hydroxylation is 1. The summed E-state index contributed by atoms with van der Waals surface area (Å²) in [6.45, 7) is 0. The summed E-state index contributed by atoms with van der Waals surface area (Å²) in [5, 5.41) is 10.5. The number of hydrogen-bond acceptors (Lipinski definition) is 2. The zero-order valence-electron chi connectivity index (χ0n) is 11.1. The highest BCUT2D eigenvalue weighted by Gasteiger charge is 2.31. The molecule has 4 heteroatoms. The first kappa shape index (κ1) is 12.1. The van der Waals surface area contributed by atoms with Crippen molar-refractivity contribution in [2.24, 2.45) is 7.05 Å². The molecule has 1 N–H and O–H groups in total. The number of methoxy groups -OCH3 is 1. The van der Waals surface area contributed by atoms with E-state index in [2.05, 4.69) is 4.57 Å². The van der Waals surface area contributed by atoms with Gasteiger partial charge in [-0.1, -0.05) is 0 Å². The SMILES string of the molecule is COc1ccc2c3c(n(C)c2c1)CCCC3C(=O)O. The van der Waals surface area contributed by atoms with E-state index in [1.807, 2.05) is 25.2 Å². The van der Waals surface area contributed by atoms with Crippen LogP contribution >= 0.6 is 0 Å². The third kappa shape index (κ3) is 1.70. The van der Waals surface area contributed by atoms with Gasteiger partial charge >= 0.3 is 5.97 Å². The largest absolute Gasteiger partial charge is 0.497 e. The molecule has 4 nitrogen and oxygen atoms in total. The first-order valence-electron chi connectivity index (χ1n) is 6.51. The van der Waals surface area contributed by atoms with Gasteiger partial charge in [-0.25, -0.2) is 0 Å². The number of carbonyl (C=O) groups is 1. The normalized spacial score (nSPS) is 18.3. The van der Waals surface area contributed by atoms with Crippen LogP contribution in [0.4, 0.5) is 0 Å². The molecule has 0 fully saturated rings. The predicted molar refractivity (Wildman–Crippen MR) is 72.8 cm³/mol. The molecule has 19 heavy (non-hydrogen) atoms. The summed E-state index contributed by atoms with van der Waals surface area (Å²) in [6, 6.07) is 5.86. The highest BCUT2D eigenvalue weighted by molar-refractivity contribution is 5.92. The molecule has 1 heterocycles. The van der Waals surface area contributed by atoms with E-state index in [0.717, 1.165) is 47.2 Å². The van der Waals surface area contributed by atoms with Crippen molar-refractivity contribution in [1.29, 1.82) is 0 Å². The lowest BCUT2D eigenvalue weighted by molar-refractivity contribution is -0.139. The third-order valence-electron chi connectivity index (χ3n) is 4.13. The maximum Gasteiger partial charge on any atom is 0.311 e. The molecule has 1 atom stereocenters. The van der Waals surface area contributed by atoms with Crippen LogP contribution in [0.25, 0.3) is 10.9 Å². The van der Waals surface area contributed by atoms with E-state index in [0.29, 0.717) is 0 Å². The minimum Gasteiger partial charge on any atom is -0.497 e.